The number of carbonyl (C=O) groups is 3. The number of nitro benzene ring substituents is 1. The zero-order chi connectivity index (χ0) is 18.8. The Bertz CT molecular complexity index is 758. The van der Waals surface area contributed by atoms with Crippen LogP contribution < -0.4 is 5.32 Å². The fourth-order valence-electron chi connectivity index (χ4n) is 3.60. The maximum absolute atomic E-state index is 13.7. The van der Waals surface area contributed by atoms with Crippen LogP contribution in [0.25, 0.3) is 0 Å². The highest BCUT2D eigenvalue weighted by Gasteiger charge is 2.47. The van der Waals surface area contributed by atoms with Gasteiger partial charge in [-0.3, -0.25) is 29.4 Å². The highest BCUT2D eigenvalue weighted by molar-refractivity contribution is 6.05. The molecule has 3 amide bonds. The van der Waals surface area contributed by atoms with Crippen molar-refractivity contribution < 1.29 is 23.7 Å². The number of anilines is 1. The van der Waals surface area contributed by atoms with Gasteiger partial charge in [-0.05, 0) is 18.9 Å². The van der Waals surface area contributed by atoms with Crippen LogP contribution in [-0.4, -0.2) is 34.1 Å². The molecule has 1 heterocycles. The highest BCUT2D eigenvalue weighted by atomic mass is 19.1. The van der Waals surface area contributed by atoms with Gasteiger partial charge in [-0.2, -0.15) is 0 Å². The van der Waals surface area contributed by atoms with Crippen LogP contribution in [0.3, 0.4) is 0 Å². The van der Waals surface area contributed by atoms with Crippen LogP contribution in [0.15, 0.2) is 18.2 Å². The number of nitrogens with zero attached hydrogens (tertiary/aromatic N) is 2. The van der Waals surface area contributed by atoms with E-state index in [1.165, 1.54) is 0 Å². The molecule has 1 aliphatic carbocycles. The average molecular weight is 363 g/mol. The van der Waals surface area contributed by atoms with Gasteiger partial charge >= 0.3 is 0 Å². The fourth-order valence-corrected chi connectivity index (χ4v) is 3.60. The number of hydrogen-bond acceptors (Lipinski definition) is 5. The molecule has 1 aliphatic heterocycles. The van der Waals surface area contributed by atoms with E-state index in [-0.39, 0.29) is 48.0 Å². The number of nitrogens with one attached hydrogen (secondary N) is 1. The van der Waals surface area contributed by atoms with Crippen LogP contribution in [0.5, 0.6) is 0 Å². The number of carbonyl (C=O) groups excluding carboxylic acids is 3. The SMILES string of the molecule is O=C(CCN1C(=O)[C@@H]2CCCC[C@H]2C1=O)Nc1cc([N+](=O)[O-])ccc1F. The smallest absolute Gasteiger partial charge is 0.271 e. The van der Waals surface area contributed by atoms with Gasteiger partial charge in [-0.15, -0.1) is 0 Å². The number of non-ortho nitro benzene ring substituents is 1. The molecule has 26 heavy (non-hydrogen) atoms. The number of halogens is 1. The van der Waals surface area contributed by atoms with Crippen molar-refractivity contribution >= 4 is 29.1 Å². The molecule has 8 nitrogen and oxygen atoms in total. The zero-order valence-electron chi connectivity index (χ0n) is 13.9. The molecule has 0 spiro atoms. The second-order valence-electron chi connectivity index (χ2n) is 6.54. The van der Waals surface area contributed by atoms with Crippen LogP contribution in [0.1, 0.15) is 32.1 Å². The standard InChI is InChI=1S/C17H18FN3O5/c18-13-6-5-10(21(25)26)9-14(13)19-15(22)7-8-20-16(23)11-3-1-2-4-12(11)17(20)24/h5-6,9,11-12H,1-4,7-8H2,(H,19,22)/t11-,12-/m1/s1. The van der Waals surface area contributed by atoms with E-state index in [1.807, 2.05) is 0 Å². The Hall–Kier alpha value is -2.84. The molecular formula is C17H18FN3O5. The third kappa shape index (κ3) is 3.42. The van der Waals surface area contributed by atoms with Gasteiger partial charge in [0.1, 0.15) is 5.82 Å². The number of amides is 3. The molecule has 1 aromatic carbocycles. The lowest BCUT2D eigenvalue weighted by Gasteiger charge is -2.19. The zero-order valence-corrected chi connectivity index (χ0v) is 13.9. The van der Waals surface area contributed by atoms with Crippen molar-refractivity contribution in [1.82, 2.24) is 4.90 Å². The summed E-state index contributed by atoms with van der Waals surface area (Å²) in [6.07, 6.45) is 3.02. The Balaban J connectivity index is 1.61. The summed E-state index contributed by atoms with van der Waals surface area (Å²) < 4.78 is 13.7. The molecule has 2 atom stereocenters. The van der Waals surface area contributed by atoms with Crippen LogP contribution in [0.2, 0.25) is 0 Å². The molecule has 9 heteroatoms. The van der Waals surface area contributed by atoms with Gasteiger partial charge < -0.3 is 5.32 Å². The molecule has 2 fully saturated rings. The Labute approximate surface area is 148 Å². The second kappa shape index (κ2) is 7.19. The molecule has 0 bridgehead atoms. The first-order valence-electron chi connectivity index (χ1n) is 8.47. The quantitative estimate of drug-likeness (QED) is 0.490. The lowest BCUT2D eigenvalue weighted by atomic mass is 9.81. The summed E-state index contributed by atoms with van der Waals surface area (Å²) in [5, 5.41) is 13.0. The van der Waals surface area contributed by atoms with Crippen LogP contribution in [-0.2, 0) is 14.4 Å². The predicted octanol–water partition coefficient (Wildman–Crippen LogP) is 2.24. The van der Waals surface area contributed by atoms with Crippen molar-refractivity contribution in [2.45, 2.75) is 32.1 Å². The van der Waals surface area contributed by atoms with Gasteiger partial charge in [0.2, 0.25) is 17.7 Å². The summed E-state index contributed by atoms with van der Waals surface area (Å²) in [4.78, 5) is 47.9. The Morgan fingerprint density at radius 3 is 2.42 bits per heavy atom. The summed E-state index contributed by atoms with van der Waals surface area (Å²) in [7, 11) is 0. The number of likely N-dealkylation sites (tertiary alicyclic amines) is 1. The topological polar surface area (TPSA) is 110 Å². The van der Waals surface area contributed by atoms with Crippen molar-refractivity contribution in [3.63, 3.8) is 0 Å². The first-order chi connectivity index (χ1) is 12.4. The minimum Gasteiger partial charge on any atom is -0.323 e. The number of rotatable bonds is 5. The third-order valence-electron chi connectivity index (χ3n) is 4.93. The van der Waals surface area contributed by atoms with E-state index in [0.29, 0.717) is 12.8 Å². The maximum Gasteiger partial charge on any atom is 0.271 e. The first kappa shape index (κ1) is 18.0. The summed E-state index contributed by atoms with van der Waals surface area (Å²) in [6.45, 7) is -0.0763. The van der Waals surface area contributed by atoms with Gasteiger partial charge in [0.05, 0.1) is 22.4 Å². The Morgan fingerprint density at radius 2 is 1.85 bits per heavy atom. The van der Waals surface area contributed by atoms with Gasteiger partial charge in [-0.25, -0.2) is 4.39 Å². The Morgan fingerprint density at radius 1 is 1.23 bits per heavy atom. The summed E-state index contributed by atoms with van der Waals surface area (Å²) in [5.74, 6) is -2.48. The molecule has 0 aromatic heterocycles. The molecule has 1 N–H and O–H groups in total. The normalized spacial score (nSPS) is 22.3. The van der Waals surface area contributed by atoms with Gasteiger partial charge in [0.25, 0.3) is 5.69 Å². The minimum absolute atomic E-state index is 0.0763. The van der Waals surface area contributed by atoms with E-state index in [9.17, 15) is 28.9 Å². The van der Waals surface area contributed by atoms with E-state index >= 15 is 0 Å². The van der Waals surface area contributed by atoms with E-state index in [2.05, 4.69) is 5.32 Å². The summed E-state index contributed by atoms with van der Waals surface area (Å²) in [6, 6.07) is 2.81. The van der Waals surface area contributed by atoms with Crippen LogP contribution in [0, 0.1) is 27.8 Å². The molecule has 138 valence electrons. The van der Waals surface area contributed by atoms with Crippen molar-refractivity contribution in [1.29, 1.82) is 0 Å². The lowest BCUT2D eigenvalue weighted by molar-refractivity contribution is -0.384. The molecule has 2 aliphatic rings. The Kier molecular flexibility index (Phi) is 4.97. The molecule has 3 rings (SSSR count). The summed E-state index contributed by atoms with van der Waals surface area (Å²) >= 11 is 0. The second-order valence-corrected chi connectivity index (χ2v) is 6.54. The van der Waals surface area contributed by atoms with Crippen molar-refractivity contribution in [3.05, 3.63) is 34.1 Å². The molecule has 0 unspecified atom stereocenters. The van der Waals surface area contributed by atoms with E-state index < -0.39 is 16.6 Å². The average Bonchev–Trinajstić information content (AvgIpc) is 2.86. The highest BCUT2D eigenvalue weighted by Crippen LogP contribution is 2.38. The van der Waals surface area contributed by atoms with Gasteiger partial charge in [0.15, 0.2) is 0 Å². The third-order valence-corrected chi connectivity index (χ3v) is 4.93. The molecular weight excluding hydrogens is 345 g/mol. The monoisotopic (exact) mass is 363 g/mol. The van der Waals surface area contributed by atoms with Gasteiger partial charge in [-0.1, -0.05) is 12.8 Å². The number of hydrogen-bond donors (Lipinski definition) is 1. The van der Waals surface area contributed by atoms with Crippen LogP contribution >= 0.6 is 0 Å². The number of imide groups is 1. The van der Waals surface area contributed by atoms with E-state index in [1.54, 1.807) is 0 Å². The van der Waals surface area contributed by atoms with Crippen molar-refractivity contribution in [3.8, 4) is 0 Å². The van der Waals surface area contributed by atoms with Crippen LogP contribution in [0.4, 0.5) is 15.8 Å². The molecule has 1 saturated heterocycles. The number of fused-ring (bicyclic) bond motifs is 1. The lowest BCUT2D eigenvalue weighted by Crippen LogP contribution is -2.34. The molecule has 1 saturated carbocycles. The fraction of sp³-hybridized carbons (Fsp3) is 0.471. The molecule has 1 aromatic rings. The predicted molar refractivity (Wildman–Crippen MR) is 88.5 cm³/mol. The van der Waals surface area contributed by atoms with Crippen molar-refractivity contribution in [2.75, 3.05) is 11.9 Å². The minimum atomic E-state index is -0.803. The largest absolute Gasteiger partial charge is 0.323 e. The summed E-state index contributed by atoms with van der Waals surface area (Å²) in [5.41, 5.74) is -0.660. The van der Waals surface area contributed by atoms with E-state index in [0.717, 1.165) is 35.9 Å². The first-order valence-corrected chi connectivity index (χ1v) is 8.47. The van der Waals surface area contributed by atoms with Crippen molar-refractivity contribution in [2.24, 2.45) is 11.8 Å². The number of nitro groups is 1. The molecule has 0 radical (unpaired) electrons. The van der Waals surface area contributed by atoms with Gasteiger partial charge in [0, 0.05) is 25.1 Å². The van der Waals surface area contributed by atoms with E-state index in [4.69, 9.17) is 0 Å². The number of benzene rings is 1. The maximum atomic E-state index is 13.7.